The molecule has 0 bridgehead atoms. The van der Waals surface area contributed by atoms with Gasteiger partial charge in [0.15, 0.2) is 0 Å². The Morgan fingerprint density at radius 1 is 0.811 bits per heavy atom. The van der Waals surface area contributed by atoms with Gasteiger partial charge < -0.3 is 15.0 Å². The standard InChI is InChI=1S/C31H26Cl2N2O2/c1-37-31(36)29-27(34-25-14-4-2-5-15-25)20-28(21-10-8-12-23(32)18-21)35(26-16-6-3-7-17-26)30(29)22-11-9-13-24(33)19-22/h2-19,28,30,34H,20H2,1H3/t28-,30+/m0/s1. The van der Waals surface area contributed by atoms with Gasteiger partial charge in [-0.05, 0) is 59.7 Å². The molecule has 0 saturated carbocycles. The molecule has 0 spiro atoms. The van der Waals surface area contributed by atoms with E-state index in [1.54, 1.807) is 0 Å². The molecular weight excluding hydrogens is 503 g/mol. The summed E-state index contributed by atoms with van der Waals surface area (Å²) in [5.74, 6) is -0.395. The average molecular weight is 529 g/mol. The van der Waals surface area contributed by atoms with E-state index in [0.717, 1.165) is 28.2 Å². The Kier molecular flexibility index (Phi) is 7.50. The number of rotatable bonds is 6. The lowest BCUT2D eigenvalue weighted by Gasteiger charge is -2.46. The second-order valence-corrected chi connectivity index (χ2v) is 9.72. The Morgan fingerprint density at radius 3 is 2.03 bits per heavy atom. The maximum atomic E-state index is 13.5. The molecule has 1 aliphatic rings. The Hall–Kier alpha value is -3.73. The molecule has 6 heteroatoms. The zero-order valence-electron chi connectivity index (χ0n) is 20.3. The minimum atomic E-state index is -0.475. The number of esters is 1. The van der Waals surface area contributed by atoms with Gasteiger partial charge in [-0.25, -0.2) is 4.79 Å². The number of nitrogens with zero attached hydrogens (tertiary/aromatic N) is 1. The molecule has 37 heavy (non-hydrogen) atoms. The molecule has 0 fully saturated rings. The minimum Gasteiger partial charge on any atom is -0.466 e. The van der Waals surface area contributed by atoms with Crippen molar-refractivity contribution in [2.75, 3.05) is 17.3 Å². The lowest BCUT2D eigenvalue weighted by molar-refractivity contribution is -0.136. The van der Waals surface area contributed by atoms with Gasteiger partial charge in [0.05, 0.1) is 24.8 Å². The third-order valence-electron chi connectivity index (χ3n) is 6.54. The number of halogens is 2. The van der Waals surface area contributed by atoms with E-state index in [0.29, 0.717) is 22.0 Å². The van der Waals surface area contributed by atoms with Crippen LogP contribution in [0.25, 0.3) is 0 Å². The van der Waals surface area contributed by atoms with Crippen LogP contribution in [0.2, 0.25) is 10.0 Å². The molecule has 0 saturated heterocycles. The highest BCUT2D eigenvalue weighted by Crippen LogP contribution is 2.48. The second kappa shape index (κ2) is 11.1. The number of ether oxygens (including phenoxy) is 1. The maximum absolute atomic E-state index is 13.5. The van der Waals surface area contributed by atoms with Crippen molar-refractivity contribution in [1.29, 1.82) is 0 Å². The van der Waals surface area contributed by atoms with E-state index in [-0.39, 0.29) is 6.04 Å². The molecule has 0 unspecified atom stereocenters. The molecule has 0 aliphatic carbocycles. The summed E-state index contributed by atoms with van der Waals surface area (Å²) in [5, 5.41) is 4.79. The summed E-state index contributed by atoms with van der Waals surface area (Å²) in [4.78, 5) is 15.8. The quantitative estimate of drug-likeness (QED) is 0.256. The molecule has 4 nitrogen and oxygen atoms in total. The van der Waals surface area contributed by atoms with Gasteiger partial charge in [0.25, 0.3) is 0 Å². The summed E-state index contributed by atoms with van der Waals surface area (Å²) in [5.41, 5.74) is 5.12. The van der Waals surface area contributed by atoms with Gasteiger partial charge in [0.2, 0.25) is 0 Å². The first kappa shape index (κ1) is 24.9. The van der Waals surface area contributed by atoms with Gasteiger partial charge >= 0.3 is 5.97 Å². The highest BCUT2D eigenvalue weighted by Gasteiger charge is 2.41. The first-order valence-electron chi connectivity index (χ1n) is 12.0. The summed E-state index contributed by atoms with van der Waals surface area (Å²) in [6.45, 7) is 0. The van der Waals surface area contributed by atoms with E-state index in [2.05, 4.69) is 28.4 Å². The predicted molar refractivity (Wildman–Crippen MR) is 151 cm³/mol. The highest BCUT2D eigenvalue weighted by molar-refractivity contribution is 6.31. The largest absolute Gasteiger partial charge is 0.466 e. The molecule has 4 aromatic rings. The van der Waals surface area contributed by atoms with Gasteiger partial charge in [-0.15, -0.1) is 0 Å². The van der Waals surface area contributed by atoms with Crippen LogP contribution in [-0.4, -0.2) is 13.1 Å². The monoisotopic (exact) mass is 528 g/mol. The van der Waals surface area contributed by atoms with E-state index < -0.39 is 12.0 Å². The molecule has 5 rings (SSSR count). The van der Waals surface area contributed by atoms with Crippen LogP contribution in [0.1, 0.15) is 29.6 Å². The molecule has 2 atom stereocenters. The van der Waals surface area contributed by atoms with Crippen molar-refractivity contribution in [3.63, 3.8) is 0 Å². The van der Waals surface area contributed by atoms with Gasteiger partial charge in [0, 0.05) is 33.5 Å². The average Bonchev–Trinajstić information content (AvgIpc) is 2.93. The fraction of sp³-hybridized carbons (Fsp3) is 0.129. The van der Waals surface area contributed by atoms with Crippen LogP contribution in [-0.2, 0) is 9.53 Å². The molecule has 0 radical (unpaired) electrons. The van der Waals surface area contributed by atoms with Crippen LogP contribution >= 0.6 is 23.2 Å². The fourth-order valence-electron chi connectivity index (χ4n) is 4.97. The minimum absolute atomic E-state index is 0.135. The van der Waals surface area contributed by atoms with Crippen LogP contribution in [0.4, 0.5) is 11.4 Å². The van der Waals surface area contributed by atoms with E-state index in [4.69, 9.17) is 27.9 Å². The summed E-state index contributed by atoms with van der Waals surface area (Å²) in [6, 6.07) is 34.9. The van der Waals surface area contributed by atoms with E-state index in [1.807, 2.05) is 91.0 Å². The van der Waals surface area contributed by atoms with Gasteiger partial charge in [-0.3, -0.25) is 0 Å². The van der Waals surface area contributed by atoms with Gasteiger partial charge in [0.1, 0.15) is 0 Å². The topological polar surface area (TPSA) is 41.6 Å². The van der Waals surface area contributed by atoms with E-state index in [9.17, 15) is 4.79 Å². The summed E-state index contributed by atoms with van der Waals surface area (Å²) >= 11 is 12.9. The third kappa shape index (κ3) is 5.36. The highest BCUT2D eigenvalue weighted by atomic mass is 35.5. The SMILES string of the molecule is COC(=O)C1=C(Nc2ccccc2)C[C@@H](c2cccc(Cl)c2)N(c2ccccc2)[C@@H]1c1cccc(Cl)c1. The zero-order valence-corrected chi connectivity index (χ0v) is 21.8. The maximum Gasteiger partial charge on any atom is 0.337 e. The smallest absolute Gasteiger partial charge is 0.337 e. The summed E-state index contributed by atoms with van der Waals surface area (Å²) < 4.78 is 5.37. The van der Waals surface area contributed by atoms with E-state index >= 15 is 0 Å². The number of benzene rings is 4. The Bertz CT molecular complexity index is 1420. The molecule has 1 aliphatic heterocycles. The molecule has 0 aromatic heterocycles. The number of nitrogens with one attached hydrogen (secondary N) is 1. The van der Waals surface area contributed by atoms with Crippen LogP contribution in [0.5, 0.6) is 0 Å². The zero-order chi connectivity index (χ0) is 25.8. The second-order valence-electron chi connectivity index (χ2n) is 8.85. The molecule has 186 valence electrons. The summed E-state index contributed by atoms with van der Waals surface area (Å²) in [7, 11) is 1.42. The van der Waals surface area contributed by atoms with Crippen LogP contribution in [0, 0.1) is 0 Å². The molecular formula is C31H26Cl2N2O2. The molecule has 1 N–H and O–H groups in total. The van der Waals surface area contributed by atoms with E-state index in [1.165, 1.54) is 7.11 Å². The van der Waals surface area contributed by atoms with Crippen molar-refractivity contribution in [3.05, 3.63) is 142 Å². The third-order valence-corrected chi connectivity index (χ3v) is 7.01. The van der Waals surface area contributed by atoms with Gasteiger partial charge in [-0.2, -0.15) is 0 Å². The Balaban J connectivity index is 1.79. The molecule has 0 amide bonds. The summed E-state index contributed by atoms with van der Waals surface area (Å²) in [6.07, 6.45) is 0.533. The number of hydrogen-bond donors (Lipinski definition) is 1. The van der Waals surface area contributed by atoms with Crippen molar-refractivity contribution in [3.8, 4) is 0 Å². The number of carbonyl (C=O) groups excluding carboxylic acids is 1. The first-order valence-corrected chi connectivity index (χ1v) is 12.8. The van der Waals surface area contributed by atoms with Gasteiger partial charge in [-0.1, -0.05) is 83.9 Å². The van der Waals surface area contributed by atoms with Crippen molar-refractivity contribution in [1.82, 2.24) is 0 Å². The number of methoxy groups -OCH3 is 1. The Labute approximate surface area is 227 Å². The predicted octanol–water partition coefficient (Wildman–Crippen LogP) is 8.23. The van der Waals surface area contributed by atoms with Crippen LogP contribution < -0.4 is 10.2 Å². The lowest BCUT2D eigenvalue weighted by atomic mass is 9.84. The normalized spacial score (nSPS) is 17.4. The number of anilines is 2. The fourth-order valence-corrected chi connectivity index (χ4v) is 5.37. The Morgan fingerprint density at radius 2 is 1.41 bits per heavy atom. The van der Waals surface area contributed by atoms with Crippen molar-refractivity contribution >= 4 is 40.5 Å². The van der Waals surface area contributed by atoms with Crippen molar-refractivity contribution in [2.24, 2.45) is 0 Å². The number of carbonyl (C=O) groups is 1. The van der Waals surface area contributed by atoms with Crippen molar-refractivity contribution in [2.45, 2.75) is 18.5 Å². The molecule has 1 heterocycles. The lowest BCUT2D eigenvalue weighted by Crippen LogP contribution is -2.41. The molecule has 4 aromatic carbocycles. The van der Waals surface area contributed by atoms with Crippen molar-refractivity contribution < 1.29 is 9.53 Å². The first-order chi connectivity index (χ1) is 18.0. The van der Waals surface area contributed by atoms with Crippen LogP contribution in [0.3, 0.4) is 0 Å². The van der Waals surface area contributed by atoms with Crippen LogP contribution in [0.15, 0.2) is 120 Å². The number of para-hydroxylation sites is 2. The number of hydrogen-bond acceptors (Lipinski definition) is 4.